The number of phenolic OH excluding ortho intramolecular Hbond substituents is 1. The van der Waals surface area contributed by atoms with Gasteiger partial charge in [0.2, 0.25) is 5.78 Å². The number of nitrogens with zero attached hydrogens (tertiary/aromatic N) is 1. The third-order valence-electron chi connectivity index (χ3n) is 9.62. The van der Waals surface area contributed by atoms with Crippen LogP contribution in [0, 0.1) is 11.3 Å². The van der Waals surface area contributed by atoms with E-state index in [1.165, 1.54) is 0 Å². The normalized spacial score (nSPS) is 33.2. The third-order valence-corrected chi connectivity index (χ3v) is 9.62. The Morgan fingerprint density at radius 2 is 1.95 bits per heavy atom. The molecule has 0 aromatic heterocycles. The number of carbonyl (C=O) groups excluding carboxylic acids is 3. The summed E-state index contributed by atoms with van der Waals surface area (Å²) in [5, 5.41) is 48.2. The van der Waals surface area contributed by atoms with Crippen LogP contribution in [0.15, 0.2) is 23.0 Å². The minimum atomic E-state index is -4.86. The number of benzene rings is 1. The molecule has 220 valence electrons. The summed E-state index contributed by atoms with van der Waals surface area (Å²) >= 11 is 0. The monoisotopic (exact) mass is 577 g/mol. The second-order valence-corrected chi connectivity index (χ2v) is 11.7. The summed E-state index contributed by atoms with van der Waals surface area (Å²) in [5.41, 5.74) is -2.64. The van der Waals surface area contributed by atoms with Crippen LogP contribution in [-0.2, 0) is 27.0 Å². The Kier molecular flexibility index (Phi) is 5.95. The number of hydrogen-bond acceptors (Lipinski definition) is 9. The molecule has 3 aliphatic carbocycles. The maximum Gasteiger partial charge on any atom is 0.417 e. The lowest BCUT2D eigenvalue weighted by Gasteiger charge is -2.66. The van der Waals surface area contributed by atoms with E-state index >= 15 is 0 Å². The molecule has 1 spiro atoms. The van der Waals surface area contributed by atoms with E-state index in [1.807, 2.05) is 6.92 Å². The van der Waals surface area contributed by atoms with Gasteiger partial charge in [-0.15, -0.1) is 0 Å². The molecule has 1 unspecified atom stereocenters. The number of aliphatic hydroxyl groups is 3. The van der Waals surface area contributed by atoms with E-state index in [9.17, 15) is 48.0 Å². The Morgan fingerprint density at radius 3 is 2.54 bits per heavy atom. The molecule has 5 atom stereocenters. The van der Waals surface area contributed by atoms with Gasteiger partial charge in [-0.1, -0.05) is 6.92 Å². The zero-order chi connectivity index (χ0) is 29.8. The van der Waals surface area contributed by atoms with Gasteiger partial charge in [0.1, 0.15) is 22.8 Å². The van der Waals surface area contributed by atoms with E-state index in [-0.39, 0.29) is 24.1 Å². The number of halogens is 3. The van der Waals surface area contributed by atoms with Crippen LogP contribution in [-0.4, -0.2) is 74.1 Å². The summed E-state index contributed by atoms with van der Waals surface area (Å²) in [6.45, 7) is 2.62. The highest BCUT2D eigenvalue weighted by atomic mass is 19.4. The molecule has 2 heterocycles. The maximum absolute atomic E-state index is 14.6. The summed E-state index contributed by atoms with van der Waals surface area (Å²) < 4.78 is 43.9. The highest BCUT2D eigenvalue weighted by Gasteiger charge is 2.77. The van der Waals surface area contributed by atoms with Crippen LogP contribution in [0.1, 0.15) is 60.9 Å². The fourth-order valence-electron chi connectivity index (χ4n) is 8.12. The van der Waals surface area contributed by atoms with Gasteiger partial charge in [0.15, 0.2) is 11.4 Å². The molecule has 13 heteroatoms. The molecule has 5 aliphatic rings. The lowest BCUT2D eigenvalue weighted by Crippen LogP contribution is -2.82. The number of amides is 1. The summed E-state index contributed by atoms with van der Waals surface area (Å²) in [7, 11) is 0. The number of ketones is 2. The van der Waals surface area contributed by atoms with E-state index in [2.05, 4.69) is 5.32 Å². The average Bonchev–Trinajstić information content (AvgIpc) is 3.39. The summed E-state index contributed by atoms with van der Waals surface area (Å²) in [5.74, 6) is -7.36. The maximum atomic E-state index is 14.6. The van der Waals surface area contributed by atoms with E-state index in [4.69, 9.17) is 5.73 Å². The third kappa shape index (κ3) is 3.39. The molecule has 10 nitrogen and oxygen atoms in total. The van der Waals surface area contributed by atoms with Crippen LogP contribution in [0.3, 0.4) is 0 Å². The summed E-state index contributed by atoms with van der Waals surface area (Å²) in [4.78, 5) is 41.4. The Hall–Kier alpha value is -3.42. The van der Waals surface area contributed by atoms with Gasteiger partial charge in [0.05, 0.1) is 22.6 Å². The van der Waals surface area contributed by atoms with Crippen molar-refractivity contribution in [3.63, 3.8) is 0 Å². The second kappa shape index (κ2) is 8.79. The van der Waals surface area contributed by atoms with Crippen molar-refractivity contribution in [2.75, 3.05) is 19.6 Å². The number of aromatic hydroxyl groups is 1. The molecule has 2 aliphatic heterocycles. The number of rotatable bonds is 4. The SMILES string of the molecule is CCCN1C[C@@]23C[C@@H]4Cc5c(c(O)cc(C6CCCN6)c5C(F)(F)F)C(O)=C4C(=O)[C@]2(O)C(O)=C(C(N)=O)C(=O)[C@@H]13. The predicted molar refractivity (Wildman–Crippen MR) is 136 cm³/mol. The Balaban J connectivity index is 1.58. The quantitative estimate of drug-likeness (QED) is 0.292. The van der Waals surface area contributed by atoms with Crippen molar-refractivity contribution in [1.29, 1.82) is 0 Å². The fourth-order valence-corrected chi connectivity index (χ4v) is 8.12. The van der Waals surface area contributed by atoms with Crippen molar-refractivity contribution in [1.82, 2.24) is 10.2 Å². The van der Waals surface area contributed by atoms with Gasteiger partial charge in [-0.25, -0.2) is 0 Å². The molecular weight excluding hydrogens is 547 g/mol. The minimum Gasteiger partial charge on any atom is -0.508 e. The van der Waals surface area contributed by atoms with Gasteiger partial charge in [-0.3, -0.25) is 19.3 Å². The first kappa shape index (κ1) is 27.7. The number of phenols is 1. The molecule has 1 aromatic rings. The molecule has 6 rings (SSSR count). The Morgan fingerprint density at radius 1 is 1.24 bits per heavy atom. The molecule has 2 saturated heterocycles. The van der Waals surface area contributed by atoms with Crippen molar-refractivity contribution >= 4 is 23.2 Å². The van der Waals surface area contributed by atoms with E-state index < -0.39 is 98.6 Å². The first-order chi connectivity index (χ1) is 19.2. The number of carbonyl (C=O) groups is 3. The van der Waals surface area contributed by atoms with Crippen molar-refractivity contribution < 1.29 is 48.0 Å². The number of nitrogens with two attached hydrogens (primary N) is 1. The van der Waals surface area contributed by atoms with Crippen molar-refractivity contribution in [3.8, 4) is 5.75 Å². The number of hydrogen-bond donors (Lipinski definition) is 6. The standard InChI is InChI=1S/C28H30F3N3O7/c1-2-6-34-10-26-9-11-7-13-17(15(35)8-12(14-4-3-5-33-14)19(13)28(29,30)31)20(36)16(11)23(38)27(26,41)24(39)18(25(32)40)21(37)22(26)34/h8,11,14,22,33,35-36,39,41H,2-7,9-10H2,1H3,(H2,32,40)/t11-,14?,22+,26+,27-/m0/s1. The lowest BCUT2D eigenvalue weighted by atomic mass is 9.45. The highest BCUT2D eigenvalue weighted by Crippen LogP contribution is 2.63. The molecule has 7 N–H and O–H groups in total. The molecular formula is C28H30F3N3O7. The van der Waals surface area contributed by atoms with Gasteiger partial charge in [0, 0.05) is 18.2 Å². The van der Waals surface area contributed by atoms with Crippen LogP contribution < -0.4 is 11.1 Å². The van der Waals surface area contributed by atoms with E-state index in [0.717, 1.165) is 6.07 Å². The molecule has 0 bridgehead atoms. The van der Waals surface area contributed by atoms with Crippen LogP contribution in [0.5, 0.6) is 5.75 Å². The summed E-state index contributed by atoms with van der Waals surface area (Å²) in [6, 6.07) is -0.960. The minimum absolute atomic E-state index is 0.0591. The first-order valence-electron chi connectivity index (χ1n) is 13.6. The molecule has 1 aromatic carbocycles. The number of likely N-dealkylation sites (tertiary alicyclic amines) is 1. The van der Waals surface area contributed by atoms with Crippen LogP contribution >= 0.6 is 0 Å². The number of fused-ring (bicyclic) bond motifs is 2. The number of aliphatic hydroxyl groups excluding tert-OH is 2. The summed E-state index contributed by atoms with van der Waals surface area (Å²) in [6.07, 6.45) is -3.89. The zero-order valence-electron chi connectivity index (χ0n) is 22.1. The smallest absolute Gasteiger partial charge is 0.417 e. The largest absolute Gasteiger partial charge is 0.508 e. The fraction of sp³-hybridized carbons (Fsp3) is 0.536. The lowest BCUT2D eigenvalue weighted by molar-refractivity contribution is -0.215. The van der Waals surface area contributed by atoms with Gasteiger partial charge in [0.25, 0.3) is 5.91 Å². The highest BCUT2D eigenvalue weighted by molar-refractivity contribution is 6.25. The van der Waals surface area contributed by atoms with E-state index in [1.54, 1.807) is 4.90 Å². The van der Waals surface area contributed by atoms with Crippen LogP contribution in [0.2, 0.25) is 0 Å². The van der Waals surface area contributed by atoms with Gasteiger partial charge >= 0.3 is 6.18 Å². The Labute approximate surface area is 232 Å². The molecule has 0 radical (unpaired) electrons. The molecule has 1 amide bonds. The molecule has 41 heavy (non-hydrogen) atoms. The molecule has 1 saturated carbocycles. The second-order valence-electron chi connectivity index (χ2n) is 11.7. The van der Waals surface area contributed by atoms with Crippen LogP contribution in [0.25, 0.3) is 5.76 Å². The van der Waals surface area contributed by atoms with Gasteiger partial charge in [-0.05, 0) is 68.3 Å². The molecule has 3 fully saturated rings. The Bertz CT molecular complexity index is 1480. The van der Waals surface area contributed by atoms with E-state index in [0.29, 0.717) is 32.4 Å². The van der Waals surface area contributed by atoms with Gasteiger partial charge < -0.3 is 31.5 Å². The first-order valence-corrected chi connectivity index (χ1v) is 13.6. The number of alkyl halides is 3. The number of Topliss-reactive ketones (excluding diaryl/α,β-unsaturated/α-hetero) is 2. The van der Waals surface area contributed by atoms with Gasteiger partial charge in [-0.2, -0.15) is 13.2 Å². The zero-order valence-corrected chi connectivity index (χ0v) is 22.1. The number of nitrogens with one attached hydrogen (secondary N) is 1. The van der Waals surface area contributed by atoms with Crippen molar-refractivity contribution in [2.45, 2.75) is 62.9 Å². The number of primary amides is 1. The topological polar surface area (TPSA) is 173 Å². The van der Waals surface area contributed by atoms with Crippen molar-refractivity contribution in [2.24, 2.45) is 17.1 Å². The van der Waals surface area contributed by atoms with Crippen LogP contribution in [0.4, 0.5) is 13.2 Å². The predicted octanol–water partition coefficient (Wildman–Crippen LogP) is 1.94. The van der Waals surface area contributed by atoms with Crippen molar-refractivity contribution in [3.05, 3.63) is 45.2 Å². The average molecular weight is 578 g/mol.